The highest BCUT2D eigenvalue weighted by Crippen LogP contribution is 2.38. The van der Waals surface area contributed by atoms with Gasteiger partial charge in [0.25, 0.3) is 0 Å². The number of rotatable bonds is 0. The summed E-state index contributed by atoms with van der Waals surface area (Å²) in [5.74, 6) is 0. The first-order chi connectivity index (χ1) is 3.72. The molecule has 0 nitrogen and oxygen atoms in total. The van der Waals surface area contributed by atoms with Gasteiger partial charge in [-0.05, 0) is 25.0 Å². The van der Waals surface area contributed by atoms with E-state index in [4.69, 9.17) is 11.6 Å². The van der Waals surface area contributed by atoms with Crippen molar-refractivity contribution in [2.45, 2.75) is 6.92 Å². The Morgan fingerprint density at radius 2 is 2.12 bits per heavy atom. The van der Waals surface area contributed by atoms with E-state index in [0.717, 1.165) is 4.75 Å². The zero-order valence-corrected chi connectivity index (χ0v) is 6.63. The topological polar surface area (TPSA) is 0 Å². The van der Waals surface area contributed by atoms with E-state index in [1.54, 1.807) is 0 Å². The summed E-state index contributed by atoms with van der Waals surface area (Å²) >= 11 is 5.80. The summed E-state index contributed by atoms with van der Waals surface area (Å²) in [5, 5.41) is 1.42. The molecule has 1 aromatic rings. The van der Waals surface area contributed by atoms with Crippen LogP contribution in [-0.2, 0) is 6.66 Å². The highest BCUT2D eigenvalue weighted by Gasteiger charge is 1.95. The third-order valence-electron chi connectivity index (χ3n) is 1.31. The van der Waals surface area contributed by atoms with Crippen molar-refractivity contribution in [3.63, 3.8) is 0 Å². The van der Waals surface area contributed by atoms with Crippen molar-refractivity contribution in [1.29, 1.82) is 0 Å². The van der Waals surface area contributed by atoms with Crippen molar-refractivity contribution >= 4 is 19.1 Å². The van der Waals surface area contributed by atoms with Crippen LogP contribution in [0.1, 0.15) is 5.30 Å². The van der Waals surface area contributed by atoms with Crippen LogP contribution in [0.2, 0.25) is 4.75 Å². The second kappa shape index (κ2) is 2.13. The third-order valence-corrected chi connectivity index (χ3v) is 4.20. The first-order valence-electron chi connectivity index (χ1n) is 2.49. The van der Waals surface area contributed by atoms with Crippen molar-refractivity contribution in [2.75, 3.05) is 0 Å². The van der Waals surface area contributed by atoms with Crippen LogP contribution in [0.4, 0.5) is 0 Å². The lowest BCUT2D eigenvalue weighted by Gasteiger charge is -1.87. The van der Waals surface area contributed by atoms with Crippen molar-refractivity contribution in [2.24, 2.45) is 6.66 Å². The molecule has 0 bridgehead atoms. The maximum absolute atomic E-state index is 5.80. The lowest BCUT2D eigenvalue weighted by atomic mass is 10.5. The molecule has 0 amide bonds. The normalized spacial score (nSPS) is 12.1. The molecule has 0 aromatic carbocycles. The van der Waals surface area contributed by atoms with Gasteiger partial charge in [0.2, 0.25) is 0 Å². The highest BCUT2D eigenvalue weighted by atomic mass is 35.5. The molecule has 1 atom stereocenters. The van der Waals surface area contributed by atoms with Crippen molar-refractivity contribution in [1.82, 2.24) is 0 Å². The standard InChI is InChI=1S/C6H8ClP/c1-5-3-4-6(7)8(5)2/h3-4H,1-2H3. The number of hydrogen-bond acceptors (Lipinski definition) is 0. The van der Waals surface area contributed by atoms with E-state index >= 15 is 0 Å². The van der Waals surface area contributed by atoms with Crippen LogP contribution in [0.3, 0.4) is 0 Å². The van der Waals surface area contributed by atoms with Crippen LogP contribution in [0.15, 0.2) is 12.1 Å². The molecule has 1 heterocycles. The first kappa shape index (κ1) is 6.19. The van der Waals surface area contributed by atoms with Crippen LogP contribution in [0, 0.1) is 6.92 Å². The molecule has 0 saturated heterocycles. The summed E-state index contributed by atoms with van der Waals surface area (Å²) in [6.07, 6.45) is 0. The minimum atomic E-state index is -0.0998. The Hall–Kier alpha value is 0.0700. The van der Waals surface area contributed by atoms with E-state index in [0.29, 0.717) is 0 Å². The summed E-state index contributed by atoms with van der Waals surface area (Å²) < 4.78 is 1.03. The van der Waals surface area contributed by atoms with Gasteiger partial charge in [-0.15, -0.1) is 7.53 Å². The van der Waals surface area contributed by atoms with E-state index in [1.165, 1.54) is 5.30 Å². The lowest BCUT2D eigenvalue weighted by molar-refractivity contribution is 1.63. The van der Waals surface area contributed by atoms with Gasteiger partial charge in [-0.2, -0.15) is 0 Å². The van der Waals surface area contributed by atoms with E-state index in [9.17, 15) is 0 Å². The Bertz CT molecular complexity index is 171. The third kappa shape index (κ3) is 0.913. The van der Waals surface area contributed by atoms with Gasteiger partial charge in [0.05, 0.1) is 4.75 Å². The van der Waals surface area contributed by atoms with E-state index < -0.39 is 0 Å². The van der Waals surface area contributed by atoms with Crippen LogP contribution in [0.5, 0.6) is 0 Å². The maximum Gasteiger partial charge on any atom is 0.0595 e. The summed E-state index contributed by atoms with van der Waals surface area (Å²) in [6.45, 7) is 4.30. The Balaban J connectivity index is 3.19. The molecule has 0 radical (unpaired) electrons. The molecular formula is C6H8ClP. The van der Waals surface area contributed by atoms with Crippen molar-refractivity contribution < 1.29 is 0 Å². The fourth-order valence-corrected chi connectivity index (χ4v) is 1.98. The predicted octanol–water partition coefficient (Wildman–Crippen LogP) is 3.17. The van der Waals surface area contributed by atoms with Crippen LogP contribution < -0.4 is 0 Å². The fraction of sp³-hybridized carbons (Fsp3) is 0.333. The van der Waals surface area contributed by atoms with E-state index in [-0.39, 0.29) is 7.53 Å². The zero-order chi connectivity index (χ0) is 6.15. The molecule has 0 fully saturated rings. The van der Waals surface area contributed by atoms with Gasteiger partial charge in [-0.25, -0.2) is 0 Å². The van der Waals surface area contributed by atoms with Gasteiger partial charge in [-0.1, -0.05) is 17.7 Å². The zero-order valence-electron chi connectivity index (χ0n) is 4.98. The van der Waals surface area contributed by atoms with E-state index in [1.807, 2.05) is 6.07 Å². The molecule has 0 aliphatic rings. The Labute approximate surface area is 55.5 Å². The molecule has 8 heavy (non-hydrogen) atoms. The highest BCUT2D eigenvalue weighted by molar-refractivity contribution is 7.51. The summed E-state index contributed by atoms with van der Waals surface area (Å²) in [5.41, 5.74) is 0. The first-order valence-corrected chi connectivity index (χ1v) is 4.66. The molecule has 1 unspecified atom stereocenters. The molecule has 44 valence electrons. The SMILES string of the molecule is Cc1ccc(Cl)p1C. The van der Waals surface area contributed by atoms with Crippen molar-refractivity contribution in [3.05, 3.63) is 22.2 Å². The van der Waals surface area contributed by atoms with Gasteiger partial charge in [0.15, 0.2) is 0 Å². The minimum absolute atomic E-state index is 0.0998. The molecule has 0 aliphatic carbocycles. The molecular weight excluding hydrogens is 138 g/mol. The summed E-state index contributed by atoms with van der Waals surface area (Å²) in [6, 6.07) is 4.08. The number of halogens is 1. The number of hydrogen-bond donors (Lipinski definition) is 0. The van der Waals surface area contributed by atoms with Gasteiger partial charge >= 0.3 is 0 Å². The quantitative estimate of drug-likeness (QED) is 0.528. The second-order valence-electron chi connectivity index (χ2n) is 1.86. The lowest BCUT2D eigenvalue weighted by Crippen LogP contribution is -1.50. The smallest absolute Gasteiger partial charge is 0.0595 e. The molecule has 1 aromatic heterocycles. The Morgan fingerprint density at radius 3 is 2.25 bits per heavy atom. The average Bonchev–Trinajstić information content (AvgIpc) is 1.98. The molecule has 0 N–H and O–H groups in total. The molecule has 0 aliphatic heterocycles. The monoisotopic (exact) mass is 146 g/mol. The minimum Gasteiger partial charge on any atom is -0.106 e. The average molecular weight is 147 g/mol. The molecule has 1 rings (SSSR count). The van der Waals surface area contributed by atoms with Crippen molar-refractivity contribution in [3.8, 4) is 0 Å². The van der Waals surface area contributed by atoms with Crippen LogP contribution >= 0.6 is 19.1 Å². The largest absolute Gasteiger partial charge is 0.106 e. The van der Waals surface area contributed by atoms with Gasteiger partial charge < -0.3 is 0 Å². The predicted molar refractivity (Wildman–Crippen MR) is 39.9 cm³/mol. The van der Waals surface area contributed by atoms with E-state index in [2.05, 4.69) is 19.7 Å². The second-order valence-corrected chi connectivity index (χ2v) is 4.83. The van der Waals surface area contributed by atoms with Gasteiger partial charge in [0.1, 0.15) is 0 Å². The Morgan fingerprint density at radius 1 is 1.50 bits per heavy atom. The number of aryl methyl sites for hydroxylation is 1. The maximum atomic E-state index is 5.80. The van der Waals surface area contributed by atoms with Crippen LogP contribution in [0.25, 0.3) is 0 Å². The van der Waals surface area contributed by atoms with Gasteiger partial charge in [0, 0.05) is 0 Å². The fourth-order valence-electron chi connectivity index (χ4n) is 0.581. The Kier molecular flexibility index (Phi) is 1.65. The summed E-state index contributed by atoms with van der Waals surface area (Å²) in [7, 11) is -0.0998. The molecule has 2 heteroatoms. The molecule has 0 spiro atoms. The van der Waals surface area contributed by atoms with Crippen LogP contribution in [-0.4, -0.2) is 0 Å². The van der Waals surface area contributed by atoms with Gasteiger partial charge in [-0.3, -0.25) is 0 Å². The molecule has 0 saturated carbocycles. The summed E-state index contributed by atoms with van der Waals surface area (Å²) in [4.78, 5) is 0.